The lowest BCUT2D eigenvalue weighted by Crippen LogP contribution is -2.45. The smallest absolute Gasteiger partial charge is 0.148 e. The minimum Gasteiger partial charge on any atom is -0.352 e. The van der Waals surface area contributed by atoms with Crippen LogP contribution in [-0.2, 0) is 5.54 Å². The molecule has 1 aliphatic rings. The quantitative estimate of drug-likeness (QED) is 0.463. The lowest BCUT2D eigenvalue weighted by atomic mass is 9.79. The van der Waals surface area contributed by atoms with Gasteiger partial charge < -0.3 is 16.8 Å². The standard InChI is InChI=1S/C22H25N9/c1-14-8-28-21(22(24)6-4-15(23)5-7-22)30-20(14)18-11-27-19-3-2-16(12-31(18)19)29-17-9-25-13-26-10-17/h2-3,8-13,15,29H,4-7,23-24H2,1H3. The molecule has 0 aliphatic heterocycles. The molecule has 0 spiro atoms. The zero-order valence-electron chi connectivity index (χ0n) is 17.4. The van der Waals surface area contributed by atoms with Crippen molar-refractivity contribution in [1.82, 2.24) is 29.3 Å². The molecule has 0 unspecified atom stereocenters. The maximum Gasteiger partial charge on any atom is 0.148 e. The van der Waals surface area contributed by atoms with E-state index in [-0.39, 0.29) is 6.04 Å². The Morgan fingerprint density at radius 2 is 1.81 bits per heavy atom. The topological polar surface area (TPSA) is 133 Å². The second-order valence-corrected chi connectivity index (χ2v) is 8.26. The number of nitrogens with one attached hydrogen (secondary N) is 1. The molecule has 4 aromatic rings. The number of hydrogen-bond donors (Lipinski definition) is 3. The largest absolute Gasteiger partial charge is 0.352 e. The summed E-state index contributed by atoms with van der Waals surface area (Å²) in [6, 6.07) is 4.14. The van der Waals surface area contributed by atoms with Crippen LogP contribution < -0.4 is 16.8 Å². The van der Waals surface area contributed by atoms with Gasteiger partial charge in [-0.1, -0.05) is 0 Å². The molecule has 31 heavy (non-hydrogen) atoms. The van der Waals surface area contributed by atoms with Crippen molar-refractivity contribution in [2.24, 2.45) is 11.5 Å². The van der Waals surface area contributed by atoms with E-state index in [4.69, 9.17) is 16.5 Å². The molecule has 0 saturated heterocycles. The summed E-state index contributed by atoms with van der Waals surface area (Å²) in [5.74, 6) is 0.672. The van der Waals surface area contributed by atoms with Crippen molar-refractivity contribution >= 4 is 17.0 Å². The minimum absolute atomic E-state index is 0.210. The highest BCUT2D eigenvalue weighted by Gasteiger charge is 2.35. The second-order valence-electron chi connectivity index (χ2n) is 8.26. The Bertz CT molecular complexity index is 1210. The van der Waals surface area contributed by atoms with Crippen molar-refractivity contribution < 1.29 is 0 Å². The fraction of sp³-hybridized carbons (Fsp3) is 0.318. The number of pyridine rings is 1. The Kier molecular flexibility index (Phi) is 4.84. The number of imidazole rings is 1. The molecule has 9 nitrogen and oxygen atoms in total. The molecule has 158 valence electrons. The second kappa shape index (κ2) is 7.68. The third-order valence-corrected chi connectivity index (χ3v) is 5.94. The van der Waals surface area contributed by atoms with Gasteiger partial charge in [-0.2, -0.15) is 0 Å². The van der Waals surface area contributed by atoms with Crippen LogP contribution in [0.3, 0.4) is 0 Å². The van der Waals surface area contributed by atoms with Crippen molar-refractivity contribution in [1.29, 1.82) is 0 Å². The van der Waals surface area contributed by atoms with Crippen LogP contribution in [0.1, 0.15) is 37.1 Å². The normalized spacial score (nSPS) is 21.3. The maximum absolute atomic E-state index is 6.71. The van der Waals surface area contributed by atoms with Crippen molar-refractivity contribution in [2.45, 2.75) is 44.2 Å². The number of hydrogen-bond acceptors (Lipinski definition) is 8. The van der Waals surface area contributed by atoms with Gasteiger partial charge >= 0.3 is 0 Å². The Hall–Kier alpha value is -3.43. The summed E-state index contributed by atoms with van der Waals surface area (Å²) < 4.78 is 2.02. The summed E-state index contributed by atoms with van der Waals surface area (Å²) in [6.07, 6.45) is 14.0. The number of aryl methyl sites for hydroxylation is 1. The maximum atomic E-state index is 6.71. The molecule has 9 heteroatoms. The van der Waals surface area contributed by atoms with Crippen LogP contribution in [0, 0.1) is 6.92 Å². The van der Waals surface area contributed by atoms with Crippen molar-refractivity contribution in [3.63, 3.8) is 0 Å². The number of nitrogens with zero attached hydrogens (tertiary/aromatic N) is 6. The van der Waals surface area contributed by atoms with Gasteiger partial charge in [-0.15, -0.1) is 0 Å². The lowest BCUT2D eigenvalue weighted by molar-refractivity contribution is 0.264. The van der Waals surface area contributed by atoms with E-state index in [1.54, 1.807) is 12.4 Å². The van der Waals surface area contributed by atoms with Crippen LogP contribution in [0.2, 0.25) is 0 Å². The SMILES string of the molecule is Cc1cnc(C2(N)CCC(N)CC2)nc1-c1cnc2ccc(Nc3cncnc3)cn12. The van der Waals surface area contributed by atoms with Gasteiger partial charge in [-0.05, 0) is 50.3 Å². The van der Waals surface area contributed by atoms with Crippen molar-refractivity contribution in [3.8, 4) is 11.4 Å². The van der Waals surface area contributed by atoms with Gasteiger partial charge in [0.1, 0.15) is 17.8 Å². The molecule has 0 atom stereocenters. The summed E-state index contributed by atoms with van der Waals surface area (Å²) in [5.41, 5.74) is 17.5. The molecular formula is C22H25N9. The van der Waals surface area contributed by atoms with Gasteiger partial charge in [0.2, 0.25) is 0 Å². The first-order valence-corrected chi connectivity index (χ1v) is 10.4. The van der Waals surface area contributed by atoms with E-state index < -0.39 is 5.54 Å². The molecular weight excluding hydrogens is 390 g/mol. The molecule has 4 aromatic heterocycles. The zero-order valence-corrected chi connectivity index (χ0v) is 17.4. The Labute approximate surface area is 180 Å². The summed E-state index contributed by atoms with van der Waals surface area (Å²) in [6.45, 7) is 2.00. The highest BCUT2D eigenvalue weighted by molar-refractivity contribution is 5.66. The van der Waals surface area contributed by atoms with E-state index in [0.717, 1.165) is 59.7 Å². The highest BCUT2D eigenvalue weighted by atomic mass is 15.1. The third kappa shape index (κ3) is 3.73. The molecule has 5 rings (SSSR count). The molecule has 1 saturated carbocycles. The van der Waals surface area contributed by atoms with E-state index in [2.05, 4.69) is 25.3 Å². The summed E-state index contributed by atoms with van der Waals surface area (Å²) in [5, 5.41) is 3.31. The first-order valence-electron chi connectivity index (χ1n) is 10.4. The number of anilines is 2. The summed E-state index contributed by atoms with van der Waals surface area (Å²) in [7, 11) is 0. The van der Waals surface area contributed by atoms with E-state index in [1.165, 1.54) is 6.33 Å². The number of nitrogens with two attached hydrogens (primary N) is 2. The van der Waals surface area contributed by atoms with Gasteiger partial charge in [-0.3, -0.25) is 4.40 Å². The molecule has 1 fully saturated rings. The van der Waals surface area contributed by atoms with Crippen LogP contribution in [0.5, 0.6) is 0 Å². The fourth-order valence-electron chi connectivity index (χ4n) is 4.08. The van der Waals surface area contributed by atoms with Crippen molar-refractivity contribution in [3.05, 3.63) is 60.8 Å². The fourth-order valence-corrected chi connectivity index (χ4v) is 4.08. The van der Waals surface area contributed by atoms with E-state index in [0.29, 0.717) is 5.82 Å². The number of rotatable bonds is 4. The van der Waals surface area contributed by atoms with Crippen LogP contribution >= 0.6 is 0 Å². The van der Waals surface area contributed by atoms with Gasteiger partial charge in [-0.25, -0.2) is 24.9 Å². The van der Waals surface area contributed by atoms with Crippen LogP contribution in [-0.4, -0.2) is 35.4 Å². The molecule has 0 aromatic carbocycles. The Morgan fingerprint density at radius 1 is 1.03 bits per heavy atom. The first kappa shape index (κ1) is 19.5. The Balaban J connectivity index is 1.54. The molecule has 1 aliphatic carbocycles. The number of fused-ring (bicyclic) bond motifs is 1. The third-order valence-electron chi connectivity index (χ3n) is 5.94. The summed E-state index contributed by atoms with van der Waals surface area (Å²) >= 11 is 0. The van der Waals surface area contributed by atoms with Crippen molar-refractivity contribution in [2.75, 3.05) is 5.32 Å². The predicted molar refractivity (Wildman–Crippen MR) is 119 cm³/mol. The molecule has 0 bridgehead atoms. The van der Waals surface area contributed by atoms with Gasteiger partial charge in [0, 0.05) is 18.4 Å². The van der Waals surface area contributed by atoms with Gasteiger partial charge in [0.15, 0.2) is 0 Å². The molecule has 0 radical (unpaired) electrons. The lowest BCUT2D eigenvalue weighted by Gasteiger charge is -2.34. The highest BCUT2D eigenvalue weighted by Crippen LogP contribution is 2.34. The van der Waals surface area contributed by atoms with Gasteiger partial charge in [0.25, 0.3) is 0 Å². The number of aromatic nitrogens is 6. The zero-order chi connectivity index (χ0) is 21.4. The van der Waals surface area contributed by atoms with Crippen LogP contribution in [0.15, 0.2) is 49.4 Å². The average molecular weight is 416 g/mol. The average Bonchev–Trinajstić information content (AvgIpc) is 3.20. The minimum atomic E-state index is -0.543. The molecule has 0 amide bonds. The van der Waals surface area contributed by atoms with Gasteiger partial charge in [0.05, 0.1) is 46.9 Å². The summed E-state index contributed by atoms with van der Waals surface area (Å²) in [4.78, 5) is 22.2. The monoisotopic (exact) mass is 415 g/mol. The van der Waals surface area contributed by atoms with E-state index >= 15 is 0 Å². The first-order chi connectivity index (χ1) is 15.0. The molecule has 5 N–H and O–H groups in total. The molecule has 4 heterocycles. The van der Waals surface area contributed by atoms with E-state index in [9.17, 15) is 0 Å². The van der Waals surface area contributed by atoms with Crippen LogP contribution in [0.4, 0.5) is 11.4 Å². The van der Waals surface area contributed by atoms with E-state index in [1.807, 2.05) is 42.0 Å². The predicted octanol–water partition coefficient (Wildman–Crippen LogP) is 2.69. The Morgan fingerprint density at radius 3 is 2.58 bits per heavy atom. The van der Waals surface area contributed by atoms with Crippen LogP contribution in [0.25, 0.3) is 17.0 Å².